The number of nitrogens with zero attached hydrogens (tertiary/aromatic N) is 3. The Morgan fingerprint density at radius 2 is 1.66 bits per heavy atom. The summed E-state index contributed by atoms with van der Waals surface area (Å²) in [7, 11) is 0. The van der Waals surface area contributed by atoms with E-state index in [4.69, 9.17) is 5.26 Å². The molecule has 0 bridgehead atoms. The van der Waals surface area contributed by atoms with Crippen LogP contribution in [-0.2, 0) is 6.18 Å². The van der Waals surface area contributed by atoms with E-state index in [1.165, 1.54) is 6.42 Å². The molecule has 1 aliphatic rings. The first kappa shape index (κ1) is 21.6. The molecule has 164 valence electrons. The van der Waals surface area contributed by atoms with Crippen molar-refractivity contribution in [1.29, 1.82) is 5.26 Å². The Bertz CT molecular complexity index is 1110. The molecule has 0 radical (unpaired) electrons. The number of anilines is 4. The molecule has 5 nitrogen and oxygen atoms in total. The van der Waals surface area contributed by atoms with Gasteiger partial charge in [0.2, 0.25) is 5.95 Å². The summed E-state index contributed by atoms with van der Waals surface area (Å²) in [5.41, 5.74) is 1.76. The maximum atomic E-state index is 13.7. The van der Waals surface area contributed by atoms with Crippen molar-refractivity contribution >= 4 is 23.1 Å². The van der Waals surface area contributed by atoms with E-state index in [1.54, 1.807) is 36.4 Å². The molecule has 0 amide bonds. The predicted octanol–water partition coefficient (Wildman–Crippen LogP) is 6.90. The molecule has 1 saturated carbocycles. The van der Waals surface area contributed by atoms with E-state index >= 15 is 0 Å². The summed E-state index contributed by atoms with van der Waals surface area (Å²) in [6.45, 7) is 0. The Hall–Kier alpha value is -3.60. The van der Waals surface area contributed by atoms with Crippen LogP contribution in [0.1, 0.15) is 54.7 Å². The topological polar surface area (TPSA) is 73.6 Å². The molecule has 0 atom stereocenters. The van der Waals surface area contributed by atoms with Gasteiger partial charge in [-0.25, -0.2) is 4.98 Å². The van der Waals surface area contributed by atoms with Gasteiger partial charge in [0.15, 0.2) is 0 Å². The van der Waals surface area contributed by atoms with E-state index in [0.29, 0.717) is 22.9 Å². The second-order valence-electron chi connectivity index (χ2n) is 7.81. The maximum absolute atomic E-state index is 13.7. The molecule has 1 aliphatic carbocycles. The highest BCUT2D eigenvalue weighted by molar-refractivity contribution is 5.66. The number of alkyl halides is 3. The van der Waals surface area contributed by atoms with E-state index in [1.807, 2.05) is 18.2 Å². The normalized spacial score (nSPS) is 14.6. The minimum Gasteiger partial charge on any atom is -0.339 e. The Balaban J connectivity index is 1.66. The van der Waals surface area contributed by atoms with E-state index in [-0.39, 0.29) is 11.8 Å². The largest absolute Gasteiger partial charge is 0.421 e. The van der Waals surface area contributed by atoms with Crippen molar-refractivity contribution < 1.29 is 13.2 Å². The van der Waals surface area contributed by atoms with Gasteiger partial charge in [-0.05, 0) is 54.7 Å². The summed E-state index contributed by atoms with van der Waals surface area (Å²) in [6, 6.07) is 16.0. The van der Waals surface area contributed by atoms with Crippen LogP contribution in [0.15, 0.2) is 54.7 Å². The fourth-order valence-corrected chi connectivity index (χ4v) is 4.01. The van der Waals surface area contributed by atoms with Crippen molar-refractivity contribution in [1.82, 2.24) is 9.97 Å². The van der Waals surface area contributed by atoms with Crippen LogP contribution in [0.25, 0.3) is 0 Å². The van der Waals surface area contributed by atoms with Crippen molar-refractivity contribution in [2.24, 2.45) is 0 Å². The highest BCUT2D eigenvalue weighted by Crippen LogP contribution is 2.39. The first-order valence-corrected chi connectivity index (χ1v) is 10.5. The minimum absolute atomic E-state index is 0.0281. The lowest BCUT2D eigenvalue weighted by Gasteiger charge is -2.25. The molecular formula is C24H22F3N5. The fourth-order valence-electron chi connectivity index (χ4n) is 4.01. The van der Waals surface area contributed by atoms with Crippen molar-refractivity contribution in [3.8, 4) is 6.07 Å². The molecule has 0 unspecified atom stereocenters. The average molecular weight is 437 g/mol. The standard InChI is InChI=1S/C24H22F3N5/c25-24(26,27)20-15-29-23(30-18-12-10-16(14-28)11-13-18)32-22(20)31-21-9-5-4-8-19(21)17-6-2-1-3-7-17/h4-5,8-13,15,17H,1-3,6-7H2,(H2,29,30,31,32). The molecule has 0 spiro atoms. The van der Waals surface area contributed by atoms with Crippen LogP contribution in [0, 0.1) is 11.3 Å². The lowest BCUT2D eigenvalue weighted by Crippen LogP contribution is -2.14. The SMILES string of the molecule is N#Cc1ccc(Nc2ncc(C(F)(F)F)c(Nc3ccccc3C3CCCCC3)n2)cc1. The molecule has 1 heterocycles. The Kier molecular flexibility index (Phi) is 6.26. The van der Waals surface area contributed by atoms with Gasteiger partial charge in [0.25, 0.3) is 0 Å². The summed E-state index contributed by atoms with van der Waals surface area (Å²) < 4.78 is 41.0. The van der Waals surface area contributed by atoms with Crippen molar-refractivity contribution in [2.75, 3.05) is 10.6 Å². The summed E-state index contributed by atoms with van der Waals surface area (Å²) >= 11 is 0. The zero-order valence-corrected chi connectivity index (χ0v) is 17.3. The second-order valence-corrected chi connectivity index (χ2v) is 7.81. The zero-order valence-electron chi connectivity index (χ0n) is 17.3. The van der Waals surface area contributed by atoms with Crippen LogP contribution in [0.2, 0.25) is 0 Å². The van der Waals surface area contributed by atoms with Gasteiger partial charge in [0.05, 0.1) is 11.6 Å². The van der Waals surface area contributed by atoms with Gasteiger partial charge in [-0.3, -0.25) is 0 Å². The Morgan fingerprint density at radius 1 is 0.938 bits per heavy atom. The number of hydrogen-bond acceptors (Lipinski definition) is 5. The Morgan fingerprint density at radius 3 is 2.34 bits per heavy atom. The number of para-hydroxylation sites is 1. The lowest BCUT2D eigenvalue weighted by molar-refractivity contribution is -0.137. The molecule has 8 heteroatoms. The van der Waals surface area contributed by atoms with Gasteiger partial charge in [-0.1, -0.05) is 37.5 Å². The number of nitrogens with one attached hydrogen (secondary N) is 2. The van der Waals surface area contributed by atoms with Crippen molar-refractivity contribution in [2.45, 2.75) is 44.2 Å². The van der Waals surface area contributed by atoms with Crippen LogP contribution >= 0.6 is 0 Å². The maximum Gasteiger partial charge on any atom is 0.421 e. The minimum atomic E-state index is -4.60. The molecule has 2 aromatic carbocycles. The predicted molar refractivity (Wildman–Crippen MR) is 117 cm³/mol. The fraction of sp³-hybridized carbons (Fsp3) is 0.292. The van der Waals surface area contributed by atoms with Gasteiger partial charge in [-0.2, -0.15) is 23.4 Å². The highest BCUT2D eigenvalue weighted by atomic mass is 19.4. The van der Waals surface area contributed by atoms with Gasteiger partial charge < -0.3 is 10.6 Å². The molecule has 32 heavy (non-hydrogen) atoms. The number of rotatable bonds is 5. The quantitative estimate of drug-likeness (QED) is 0.454. The number of nitriles is 1. The molecule has 4 rings (SSSR count). The van der Waals surface area contributed by atoms with E-state index in [0.717, 1.165) is 37.4 Å². The second kappa shape index (κ2) is 9.27. The third kappa shape index (κ3) is 4.99. The third-order valence-corrected chi connectivity index (χ3v) is 5.62. The van der Waals surface area contributed by atoms with E-state index in [9.17, 15) is 13.2 Å². The highest BCUT2D eigenvalue weighted by Gasteiger charge is 2.35. The number of benzene rings is 2. The van der Waals surface area contributed by atoms with E-state index < -0.39 is 11.7 Å². The monoisotopic (exact) mass is 437 g/mol. The van der Waals surface area contributed by atoms with Gasteiger partial charge >= 0.3 is 6.18 Å². The van der Waals surface area contributed by atoms with Crippen molar-refractivity contribution in [3.63, 3.8) is 0 Å². The molecule has 1 fully saturated rings. The first-order chi connectivity index (χ1) is 15.4. The molecular weight excluding hydrogens is 415 g/mol. The molecule has 2 N–H and O–H groups in total. The van der Waals surface area contributed by atoms with Gasteiger partial charge in [0.1, 0.15) is 11.4 Å². The smallest absolute Gasteiger partial charge is 0.339 e. The van der Waals surface area contributed by atoms with Crippen LogP contribution in [0.3, 0.4) is 0 Å². The molecule has 0 aliphatic heterocycles. The first-order valence-electron chi connectivity index (χ1n) is 10.5. The Labute approximate surface area is 184 Å². The number of aromatic nitrogens is 2. The summed E-state index contributed by atoms with van der Waals surface area (Å²) in [5.74, 6) is 0.0483. The average Bonchev–Trinajstić information content (AvgIpc) is 2.80. The van der Waals surface area contributed by atoms with Crippen LogP contribution in [0.5, 0.6) is 0 Å². The van der Waals surface area contributed by atoms with Gasteiger partial charge in [0, 0.05) is 17.6 Å². The molecule has 1 aromatic heterocycles. The van der Waals surface area contributed by atoms with Crippen molar-refractivity contribution in [3.05, 3.63) is 71.4 Å². The summed E-state index contributed by atoms with van der Waals surface area (Å²) in [5, 5.41) is 14.7. The summed E-state index contributed by atoms with van der Waals surface area (Å²) in [4.78, 5) is 7.99. The van der Waals surface area contributed by atoms with E-state index in [2.05, 4.69) is 20.6 Å². The van der Waals surface area contributed by atoms with Crippen LogP contribution in [0.4, 0.5) is 36.3 Å². The third-order valence-electron chi connectivity index (χ3n) is 5.62. The molecule has 3 aromatic rings. The summed E-state index contributed by atoms with van der Waals surface area (Å²) in [6.07, 6.45) is 1.68. The number of hydrogen-bond donors (Lipinski definition) is 2. The zero-order chi connectivity index (χ0) is 22.6. The molecule has 0 saturated heterocycles. The van der Waals surface area contributed by atoms with Gasteiger partial charge in [-0.15, -0.1) is 0 Å². The van der Waals surface area contributed by atoms with Crippen LogP contribution in [-0.4, -0.2) is 9.97 Å². The van der Waals surface area contributed by atoms with Crippen LogP contribution < -0.4 is 10.6 Å². The lowest BCUT2D eigenvalue weighted by atomic mass is 9.83. The number of halogens is 3.